The van der Waals surface area contributed by atoms with Gasteiger partial charge >= 0.3 is 0 Å². The van der Waals surface area contributed by atoms with Gasteiger partial charge in [0.1, 0.15) is 5.75 Å². The van der Waals surface area contributed by atoms with Crippen LogP contribution < -0.4 is 20.3 Å². The summed E-state index contributed by atoms with van der Waals surface area (Å²) in [6.45, 7) is 5.92. The number of rotatable bonds is 8. The van der Waals surface area contributed by atoms with Crippen LogP contribution in [-0.2, 0) is 14.4 Å². The number of carbonyl (C=O) groups excluding carboxylic acids is 3. The van der Waals surface area contributed by atoms with Crippen LogP contribution in [0.15, 0.2) is 55.1 Å². The molecule has 3 rings (SSSR count). The van der Waals surface area contributed by atoms with E-state index in [4.69, 9.17) is 16.3 Å². The van der Waals surface area contributed by atoms with E-state index >= 15 is 0 Å². The van der Waals surface area contributed by atoms with E-state index in [-0.39, 0.29) is 36.7 Å². The maximum Gasteiger partial charge on any atom is 0.262 e. The second-order valence-electron chi connectivity index (χ2n) is 7.18. The summed E-state index contributed by atoms with van der Waals surface area (Å²) in [6.07, 6.45) is 1.77. The van der Waals surface area contributed by atoms with Gasteiger partial charge in [0.05, 0.1) is 5.92 Å². The van der Waals surface area contributed by atoms with E-state index in [1.165, 1.54) is 0 Å². The van der Waals surface area contributed by atoms with E-state index in [1.54, 1.807) is 53.4 Å². The Hall–Kier alpha value is -3.32. The minimum absolute atomic E-state index is 0.108. The summed E-state index contributed by atoms with van der Waals surface area (Å²) >= 11 is 6.06. The summed E-state index contributed by atoms with van der Waals surface area (Å²) in [5, 5.41) is 6.07. The van der Waals surface area contributed by atoms with Gasteiger partial charge in [-0.05, 0) is 48.9 Å². The van der Waals surface area contributed by atoms with Gasteiger partial charge in [0.15, 0.2) is 6.61 Å². The lowest BCUT2D eigenvalue weighted by atomic mass is 10.1. The number of hydrogen-bond donors (Lipinski definition) is 2. The molecule has 162 valence electrons. The lowest BCUT2D eigenvalue weighted by Crippen LogP contribution is -2.32. The third-order valence-electron chi connectivity index (χ3n) is 4.98. The van der Waals surface area contributed by atoms with Crippen LogP contribution in [0, 0.1) is 12.8 Å². The average molecular weight is 442 g/mol. The van der Waals surface area contributed by atoms with Gasteiger partial charge < -0.3 is 20.3 Å². The number of halogens is 1. The van der Waals surface area contributed by atoms with Gasteiger partial charge in [-0.1, -0.05) is 23.7 Å². The number of ether oxygens (including phenoxy) is 1. The number of nitrogens with one attached hydrogen (secondary N) is 2. The van der Waals surface area contributed by atoms with E-state index in [0.717, 1.165) is 5.56 Å². The molecule has 0 radical (unpaired) electrons. The molecule has 0 bridgehead atoms. The van der Waals surface area contributed by atoms with E-state index < -0.39 is 0 Å². The highest BCUT2D eigenvalue weighted by Crippen LogP contribution is 2.27. The van der Waals surface area contributed by atoms with Crippen LogP contribution in [0.25, 0.3) is 0 Å². The van der Waals surface area contributed by atoms with Crippen molar-refractivity contribution in [2.75, 3.05) is 29.9 Å². The molecule has 1 fully saturated rings. The predicted octanol–water partition coefficient (Wildman–Crippen LogP) is 3.32. The zero-order valence-corrected chi connectivity index (χ0v) is 17.9. The number of hydrogen-bond acceptors (Lipinski definition) is 4. The van der Waals surface area contributed by atoms with Crippen molar-refractivity contribution in [1.82, 2.24) is 5.32 Å². The normalized spacial score (nSPS) is 15.5. The Morgan fingerprint density at radius 2 is 2.00 bits per heavy atom. The standard InChI is InChI=1S/C23H24ClN3O4/c1-3-11-25-23(30)16-12-22(29)27(13-16)17-7-9-18(10-8-17)31-14-21(28)26-20-6-4-5-19(24)15(20)2/h3-10,16H,1,11-14H2,2H3,(H,25,30)(H,26,28). The van der Waals surface area contributed by atoms with E-state index in [2.05, 4.69) is 17.2 Å². The Morgan fingerprint density at radius 3 is 2.71 bits per heavy atom. The molecule has 2 N–H and O–H groups in total. The van der Waals surface area contributed by atoms with E-state index in [1.807, 2.05) is 6.92 Å². The molecule has 0 aromatic heterocycles. The fraction of sp³-hybridized carbons (Fsp3) is 0.261. The Kier molecular flexibility index (Phi) is 7.31. The summed E-state index contributed by atoms with van der Waals surface area (Å²) in [6, 6.07) is 12.1. The van der Waals surface area contributed by atoms with Crippen molar-refractivity contribution in [2.45, 2.75) is 13.3 Å². The molecular weight excluding hydrogens is 418 g/mol. The van der Waals surface area contributed by atoms with Crippen LogP contribution in [0.4, 0.5) is 11.4 Å². The van der Waals surface area contributed by atoms with Gasteiger partial charge in [0.2, 0.25) is 11.8 Å². The molecule has 1 atom stereocenters. The summed E-state index contributed by atoms with van der Waals surface area (Å²) in [7, 11) is 0. The highest BCUT2D eigenvalue weighted by atomic mass is 35.5. The fourth-order valence-corrected chi connectivity index (χ4v) is 3.42. The number of nitrogens with zero attached hydrogens (tertiary/aromatic N) is 1. The number of carbonyl (C=O) groups is 3. The highest BCUT2D eigenvalue weighted by molar-refractivity contribution is 6.31. The van der Waals surface area contributed by atoms with Crippen LogP contribution in [0.5, 0.6) is 5.75 Å². The van der Waals surface area contributed by atoms with Gasteiger partial charge in [0, 0.05) is 35.9 Å². The SMILES string of the molecule is C=CCNC(=O)C1CC(=O)N(c2ccc(OCC(=O)Nc3cccc(Cl)c3C)cc2)C1. The van der Waals surface area contributed by atoms with Crippen molar-refractivity contribution in [1.29, 1.82) is 0 Å². The van der Waals surface area contributed by atoms with Crippen molar-refractivity contribution < 1.29 is 19.1 Å². The molecule has 3 amide bonds. The Labute approximate surface area is 186 Å². The van der Waals surface area contributed by atoms with Crippen molar-refractivity contribution in [3.63, 3.8) is 0 Å². The molecule has 31 heavy (non-hydrogen) atoms. The van der Waals surface area contributed by atoms with Crippen LogP contribution in [0.2, 0.25) is 5.02 Å². The average Bonchev–Trinajstić information content (AvgIpc) is 3.16. The molecule has 2 aromatic carbocycles. The van der Waals surface area contributed by atoms with Crippen molar-refractivity contribution >= 4 is 40.7 Å². The van der Waals surface area contributed by atoms with Crippen LogP contribution in [0.3, 0.4) is 0 Å². The lowest BCUT2D eigenvalue weighted by molar-refractivity contribution is -0.126. The molecule has 1 saturated heterocycles. The van der Waals surface area contributed by atoms with Crippen LogP contribution >= 0.6 is 11.6 Å². The summed E-state index contributed by atoms with van der Waals surface area (Å²) in [5.41, 5.74) is 2.10. The molecule has 0 saturated carbocycles. The minimum atomic E-state index is -0.387. The van der Waals surface area contributed by atoms with Crippen LogP contribution in [-0.4, -0.2) is 37.4 Å². The molecule has 1 aliphatic heterocycles. The summed E-state index contributed by atoms with van der Waals surface area (Å²) < 4.78 is 5.54. The van der Waals surface area contributed by atoms with Crippen molar-refractivity contribution in [3.8, 4) is 5.75 Å². The van der Waals surface area contributed by atoms with Gasteiger partial charge in [-0.2, -0.15) is 0 Å². The fourth-order valence-electron chi connectivity index (χ4n) is 3.25. The highest BCUT2D eigenvalue weighted by Gasteiger charge is 2.34. The van der Waals surface area contributed by atoms with E-state index in [0.29, 0.717) is 35.2 Å². The van der Waals surface area contributed by atoms with Crippen molar-refractivity contribution in [2.24, 2.45) is 5.92 Å². The molecule has 1 aliphatic rings. The minimum Gasteiger partial charge on any atom is -0.484 e. The summed E-state index contributed by atoms with van der Waals surface area (Å²) in [5.74, 6) is -0.464. The number of amides is 3. The molecule has 7 nitrogen and oxygen atoms in total. The topological polar surface area (TPSA) is 87.7 Å². The third-order valence-corrected chi connectivity index (χ3v) is 5.39. The Balaban J connectivity index is 1.54. The quantitative estimate of drug-likeness (QED) is 0.615. The molecule has 8 heteroatoms. The second kappa shape index (κ2) is 10.1. The zero-order chi connectivity index (χ0) is 22.4. The maximum absolute atomic E-state index is 12.3. The largest absolute Gasteiger partial charge is 0.484 e. The monoisotopic (exact) mass is 441 g/mol. The lowest BCUT2D eigenvalue weighted by Gasteiger charge is -2.17. The van der Waals surface area contributed by atoms with Gasteiger partial charge in [-0.25, -0.2) is 0 Å². The molecular formula is C23H24ClN3O4. The van der Waals surface area contributed by atoms with Crippen LogP contribution in [0.1, 0.15) is 12.0 Å². The summed E-state index contributed by atoms with van der Waals surface area (Å²) in [4.78, 5) is 38.2. The van der Waals surface area contributed by atoms with Gasteiger partial charge in [-0.3, -0.25) is 14.4 Å². The first-order chi connectivity index (χ1) is 14.9. The molecule has 2 aromatic rings. The first-order valence-corrected chi connectivity index (χ1v) is 10.2. The number of benzene rings is 2. The smallest absolute Gasteiger partial charge is 0.262 e. The second-order valence-corrected chi connectivity index (χ2v) is 7.59. The van der Waals surface area contributed by atoms with Crippen molar-refractivity contribution in [3.05, 3.63) is 65.7 Å². The van der Waals surface area contributed by atoms with Gasteiger partial charge in [0.25, 0.3) is 5.91 Å². The first kappa shape index (κ1) is 22.4. The molecule has 1 unspecified atom stereocenters. The zero-order valence-electron chi connectivity index (χ0n) is 17.2. The molecule has 0 aliphatic carbocycles. The Morgan fingerprint density at radius 1 is 1.26 bits per heavy atom. The molecule has 0 spiro atoms. The third kappa shape index (κ3) is 5.64. The Bertz CT molecular complexity index is 991. The molecule has 1 heterocycles. The van der Waals surface area contributed by atoms with Gasteiger partial charge in [-0.15, -0.1) is 6.58 Å². The first-order valence-electron chi connectivity index (χ1n) is 9.86. The number of anilines is 2. The van der Waals surface area contributed by atoms with E-state index in [9.17, 15) is 14.4 Å². The predicted molar refractivity (Wildman–Crippen MR) is 120 cm³/mol. The maximum atomic E-state index is 12.3.